The molecule has 6 heteroatoms. The van der Waals surface area contributed by atoms with Crippen LogP contribution in [-0.2, 0) is 6.42 Å². The van der Waals surface area contributed by atoms with E-state index < -0.39 is 0 Å². The zero-order chi connectivity index (χ0) is 15.0. The summed E-state index contributed by atoms with van der Waals surface area (Å²) in [5.74, 6) is 4.96. The lowest BCUT2D eigenvalue weighted by Crippen LogP contribution is -2.02. The molecule has 0 saturated heterocycles. The average Bonchev–Trinajstić information content (AvgIpc) is 2.44. The van der Waals surface area contributed by atoms with Crippen LogP contribution in [0.3, 0.4) is 0 Å². The van der Waals surface area contributed by atoms with E-state index in [1.807, 2.05) is 0 Å². The number of hydrogen-bond donors (Lipinski definition) is 5. The molecule has 0 radical (unpaired) electrons. The minimum atomic E-state index is -0.0919. The van der Waals surface area contributed by atoms with Crippen molar-refractivity contribution in [3.63, 3.8) is 0 Å². The van der Waals surface area contributed by atoms with Gasteiger partial charge in [-0.2, -0.15) is 5.90 Å². The fourth-order valence-corrected chi connectivity index (χ4v) is 1.45. The van der Waals surface area contributed by atoms with Crippen LogP contribution >= 0.6 is 0 Å². The largest absolute Gasteiger partial charge is 0.504 e. The zero-order valence-corrected chi connectivity index (χ0v) is 10.9. The Hall–Kier alpha value is -2.44. The van der Waals surface area contributed by atoms with Crippen LogP contribution in [0.15, 0.2) is 42.5 Å². The summed E-state index contributed by atoms with van der Waals surface area (Å²) in [6.45, 7) is 0.546. The smallest absolute Gasteiger partial charge is 0.188 e. The molecule has 0 fully saturated rings. The molecule has 0 aliphatic carbocycles. The Morgan fingerprint density at radius 2 is 1.60 bits per heavy atom. The highest BCUT2D eigenvalue weighted by atomic mass is 16.6. The van der Waals surface area contributed by atoms with Crippen LogP contribution in [-0.4, -0.2) is 21.9 Å². The fraction of sp³-hybridized carbons (Fsp3) is 0.143. The molecule has 0 aliphatic heterocycles. The van der Waals surface area contributed by atoms with Crippen molar-refractivity contribution in [1.82, 2.24) is 0 Å². The van der Waals surface area contributed by atoms with Gasteiger partial charge in [0.05, 0.1) is 0 Å². The van der Waals surface area contributed by atoms with Gasteiger partial charge in [0.25, 0.3) is 0 Å². The average molecular weight is 278 g/mol. The third kappa shape index (κ3) is 4.68. The number of benzene rings is 2. The van der Waals surface area contributed by atoms with Gasteiger partial charge in [-0.25, -0.2) is 0 Å². The molecule has 2 aromatic rings. The second-order valence-corrected chi connectivity index (χ2v) is 3.95. The second-order valence-electron chi connectivity index (χ2n) is 3.95. The summed E-state index contributed by atoms with van der Waals surface area (Å²) >= 11 is 0. The summed E-state index contributed by atoms with van der Waals surface area (Å²) in [7, 11) is 0. The van der Waals surface area contributed by atoms with E-state index in [9.17, 15) is 0 Å². The van der Waals surface area contributed by atoms with E-state index in [2.05, 4.69) is 4.84 Å². The molecular weight excluding hydrogens is 260 g/mol. The van der Waals surface area contributed by atoms with Crippen molar-refractivity contribution in [3.05, 3.63) is 48.0 Å². The molecule has 0 atom stereocenters. The summed E-state index contributed by atoms with van der Waals surface area (Å²) in [4.78, 5) is 4.29. The number of phenols is 3. The highest BCUT2D eigenvalue weighted by Gasteiger charge is 1.98. The van der Waals surface area contributed by atoms with Gasteiger partial charge in [0, 0.05) is 0 Å². The van der Waals surface area contributed by atoms with Crippen LogP contribution in [0.1, 0.15) is 5.56 Å². The summed E-state index contributed by atoms with van der Waals surface area (Å²) in [5.41, 5.74) is 6.24. The molecule has 0 amide bonds. The van der Waals surface area contributed by atoms with Crippen molar-refractivity contribution in [2.45, 2.75) is 6.42 Å². The molecule has 2 rings (SSSR count). The van der Waals surface area contributed by atoms with E-state index in [1.54, 1.807) is 24.3 Å². The van der Waals surface area contributed by atoms with Crippen molar-refractivity contribution in [2.24, 2.45) is 11.6 Å². The molecule has 7 N–H and O–H groups in total. The number of phenolic OH excluding ortho intramolecular Hbond substituents is 3. The van der Waals surface area contributed by atoms with Gasteiger partial charge in [0.2, 0.25) is 0 Å². The maximum absolute atomic E-state index is 9.04. The maximum Gasteiger partial charge on any atom is 0.188 e. The lowest BCUT2D eigenvalue weighted by molar-refractivity contribution is 0.313. The Morgan fingerprint density at radius 1 is 0.900 bits per heavy atom. The summed E-state index contributed by atoms with van der Waals surface area (Å²) in [6, 6.07) is 11.2. The first-order chi connectivity index (χ1) is 9.58. The van der Waals surface area contributed by atoms with Gasteiger partial charge in [0.1, 0.15) is 0 Å². The number of hydrogen-bond acceptors (Lipinski definition) is 6. The quantitative estimate of drug-likeness (QED) is 0.425. The molecular formula is C14H18N2O4. The molecule has 0 heterocycles. The molecule has 0 saturated carbocycles. The van der Waals surface area contributed by atoms with Crippen molar-refractivity contribution < 1.29 is 20.2 Å². The Balaban J connectivity index is 0.000000204. The van der Waals surface area contributed by atoms with Gasteiger partial charge in [0.15, 0.2) is 23.0 Å². The number of nitrogens with two attached hydrogens (primary N) is 2. The first kappa shape index (κ1) is 15.6. The molecule has 108 valence electrons. The van der Waals surface area contributed by atoms with Crippen LogP contribution < -0.4 is 16.5 Å². The van der Waals surface area contributed by atoms with Crippen molar-refractivity contribution in [2.75, 3.05) is 6.54 Å². The van der Waals surface area contributed by atoms with E-state index in [1.165, 1.54) is 18.2 Å². The predicted octanol–water partition coefficient (Wildman–Crippen LogP) is 1.24. The monoisotopic (exact) mass is 278 g/mol. The summed E-state index contributed by atoms with van der Waals surface area (Å²) in [5, 5.41) is 26.9. The minimum absolute atomic E-state index is 0.0556. The number of para-hydroxylation sites is 2. The SMILES string of the molecule is NCCc1ccc(O)c(O)c1.NOc1ccccc1O. The van der Waals surface area contributed by atoms with E-state index >= 15 is 0 Å². The number of rotatable bonds is 3. The van der Waals surface area contributed by atoms with Gasteiger partial charge >= 0.3 is 0 Å². The third-order valence-corrected chi connectivity index (χ3v) is 2.47. The van der Waals surface area contributed by atoms with Crippen LogP contribution in [0.5, 0.6) is 23.0 Å². The van der Waals surface area contributed by atoms with E-state index in [-0.39, 0.29) is 23.0 Å². The van der Waals surface area contributed by atoms with Gasteiger partial charge in [-0.1, -0.05) is 18.2 Å². The molecule has 2 aromatic carbocycles. The molecule has 0 bridgehead atoms. The molecule has 0 aliphatic rings. The minimum Gasteiger partial charge on any atom is -0.504 e. The van der Waals surface area contributed by atoms with Gasteiger partial charge < -0.3 is 25.9 Å². The Bertz CT molecular complexity index is 546. The summed E-state index contributed by atoms with van der Waals surface area (Å²) < 4.78 is 0. The van der Waals surface area contributed by atoms with Gasteiger partial charge in [-0.3, -0.25) is 0 Å². The number of aromatic hydroxyl groups is 3. The van der Waals surface area contributed by atoms with Crippen LogP contribution in [0.2, 0.25) is 0 Å². The standard InChI is InChI=1S/C8H11NO2.C6H7NO2/c9-4-3-6-1-2-7(10)8(11)5-6;7-9-6-4-2-1-3-5(6)8/h1-2,5,10-11H,3-4,9H2;1-4,8H,7H2. The third-order valence-electron chi connectivity index (χ3n) is 2.47. The Kier molecular flexibility index (Phi) is 6.15. The van der Waals surface area contributed by atoms with Crippen LogP contribution in [0, 0.1) is 0 Å². The van der Waals surface area contributed by atoms with Gasteiger partial charge in [-0.15, -0.1) is 0 Å². The molecule has 0 unspecified atom stereocenters. The fourth-order valence-electron chi connectivity index (χ4n) is 1.45. The van der Waals surface area contributed by atoms with E-state index in [0.717, 1.165) is 5.56 Å². The van der Waals surface area contributed by atoms with Crippen molar-refractivity contribution in [1.29, 1.82) is 0 Å². The first-order valence-corrected chi connectivity index (χ1v) is 5.94. The molecule has 20 heavy (non-hydrogen) atoms. The van der Waals surface area contributed by atoms with Crippen molar-refractivity contribution in [3.8, 4) is 23.0 Å². The lowest BCUT2D eigenvalue weighted by Gasteiger charge is -2.00. The summed E-state index contributed by atoms with van der Waals surface area (Å²) in [6.07, 6.45) is 0.716. The van der Waals surface area contributed by atoms with Crippen LogP contribution in [0.25, 0.3) is 0 Å². The molecule has 0 aromatic heterocycles. The normalized spacial score (nSPS) is 9.50. The highest BCUT2D eigenvalue weighted by molar-refractivity contribution is 5.40. The highest BCUT2D eigenvalue weighted by Crippen LogP contribution is 2.24. The Morgan fingerprint density at radius 3 is 2.10 bits per heavy atom. The molecule has 6 nitrogen and oxygen atoms in total. The first-order valence-electron chi connectivity index (χ1n) is 5.94. The lowest BCUT2D eigenvalue weighted by atomic mass is 10.1. The van der Waals surface area contributed by atoms with E-state index in [0.29, 0.717) is 13.0 Å². The topological polar surface area (TPSA) is 122 Å². The Labute approximate surface area is 116 Å². The van der Waals surface area contributed by atoms with Crippen molar-refractivity contribution >= 4 is 0 Å². The molecule has 0 spiro atoms. The zero-order valence-electron chi connectivity index (χ0n) is 10.9. The second kappa shape index (κ2) is 7.88. The van der Waals surface area contributed by atoms with Gasteiger partial charge in [-0.05, 0) is 42.8 Å². The predicted molar refractivity (Wildman–Crippen MR) is 75.5 cm³/mol. The van der Waals surface area contributed by atoms with E-state index in [4.69, 9.17) is 27.0 Å². The maximum atomic E-state index is 9.04. The van der Waals surface area contributed by atoms with Crippen LogP contribution in [0.4, 0.5) is 0 Å².